The van der Waals surface area contributed by atoms with Crippen molar-refractivity contribution in [3.63, 3.8) is 0 Å². The molecule has 3 rings (SSSR count). The average molecular weight is 523 g/mol. The van der Waals surface area contributed by atoms with Crippen molar-refractivity contribution in [3.05, 3.63) is 53.8 Å². The maximum Gasteiger partial charge on any atom is 0.323 e. The van der Waals surface area contributed by atoms with Crippen LogP contribution in [0.1, 0.15) is 24.2 Å². The van der Waals surface area contributed by atoms with Gasteiger partial charge in [-0.15, -0.1) is 0 Å². The van der Waals surface area contributed by atoms with E-state index in [0.717, 1.165) is 6.26 Å². The minimum absolute atomic E-state index is 0.0645. The number of anilines is 2. The average Bonchev–Trinajstić information content (AvgIpc) is 2.82. The van der Waals surface area contributed by atoms with Crippen LogP contribution >= 0.6 is 0 Å². The quantitative estimate of drug-likeness (QED) is 0.513. The summed E-state index contributed by atoms with van der Waals surface area (Å²) >= 11 is 0. The van der Waals surface area contributed by atoms with Crippen LogP contribution in [0.3, 0.4) is 0 Å². The van der Waals surface area contributed by atoms with Crippen molar-refractivity contribution in [1.29, 1.82) is 0 Å². The molecule has 3 atom stereocenters. The number of ether oxygens (including phenoxy) is 1. The van der Waals surface area contributed by atoms with Crippen LogP contribution in [-0.4, -0.2) is 79.8 Å². The number of aliphatic hydroxyl groups excluding tert-OH is 1. The Labute approximate surface area is 210 Å². The molecule has 0 unspecified atom stereocenters. The zero-order valence-corrected chi connectivity index (χ0v) is 21.4. The van der Waals surface area contributed by atoms with Gasteiger partial charge in [-0.1, -0.05) is 6.92 Å². The van der Waals surface area contributed by atoms with Crippen LogP contribution in [0.5, 0.6) is 5.75 Å². The van der Waals surface area contributed by atoms with Gasteiger partial charge in [-0.3, -0.25) is 4.79 Å². The lowest BCUT2D eigenvalue weighted by molar-refractivity contribution is 0.0387. The molecule has 2 aromatic rings. The topological polar surface area (TPSA) is 128 Å². The molecule has 0 aromatic heterocycles. The van der Waals surface area contributed by atoms with E-state index in [9.17, 15) is 27.5 Å². The van der Waals surface area contributed by atoms with Crippen LogP contribution in [0.4, 0.5) is 20.6 Å². The number of amides is 3. The number of urea groups is 1. The van der Waals surface area contributed by atoms with Gasteiger partial charge in [-0.2, -0.15) is 0 Å². The molecule has 1 aliphatic heterocycles. The number of carbonyl (C=O) groups is 2. The van der Waals surface area contributed by atoms with E-state index in [4.69, 9.17) is 4.74 Å². The molecule has 0 fully saturated rings. The van der Waals surface area contributed by atoms with Crippen LogP contribution in [0.25, 0.3) is 0 Å². The fourth-order valence-electron chi connectivity index (χ4n) is 3.73. The summed E-state index contributed by atoms with van der Waals surface area (Å²) in [6, 6.07) is 8.71. The number of nitrogens with one attached hydrogen (secondary N) is 2. The summed E-state index contributed by atoms with van der Waals surface area (Å²) in [5.41, 5.74) is 0.850. The first kappa shape index (κ1) is 27.4. The summed E-state index contributed by atoms with van der Waals surface area (Å²) < 4.78 is 44.4. The molecule has 0 bridgehead atoms. The Balaban J connectivity index is 1.90. The summed E-state index contributed by atoms with van der Waals surface area (Å²) in [6.45, 7) is 3.59. The Morgan fingerprint density at radius 2 is 1.83 bits per heavy atom. The molecule has 2 aromatic carbocycles. The number of hydrogen-bond donors (Lipinski definition) is 3. The largest absolute Gasteiger partial charge is 0.488 e. The van der Waals surface area contributed by atoms with E-state index in [0.29, 0.717) is 11.4 Å². The standard InChI is InChI=1S/C24H31FN4O6S/c1-15-12-29(16(2)14-30)23(31)20-11-19(27-24(32)26-18-7-5-17(25)6-8-18)9-10-21(20)35-22(15)13-28(3)36(4,33)34/h5-11,15-16,22,30H,12-14H2,1-4H3,(H2,26,27,32)/t15-,16+,22+/m0/s1. The van der Waals surface area contributed by atoms with Crippen LogP contribution < -0.4 is 15.4 Å². The Kier molecular flexibility index (Phi) is 8.54. The smallest absolute Gasteiger partial charge is 0.323 e. The number of halogens is 1. The minimum Gasteiger partial charge on any atom is -0.488 e. The molecule has 0 spiro atoms. The van der Waals surface area contributed by atoms with Gasteiger partial charge in [0.25, 0.3) is 5.91 Å². The molecule has 0 saturated heterocycles. The molecule has 196 valence electrons. The molecule has 0 aliphatic carbocycles. The summed E-state index contributed by atoms with van der Waals surface area (Å²) in [4.78, 5) is 27.4. The van der Waals surface area contributed by atoms with Gasteiger partial charge < -0.3 is 25.4 Å². The van der Waals surface area contributed by atoms with Gasteiger partial charge in [0.2, 0.25) is 10.0 Å². The van der Waals surface area contributed by atoms with E-state index in [1.807, 2.05) is 6.92 Å². The molecule has 1 heterocycles. The number of sulfonamides is 1. The lowest BCUT2D eigenvalue weighted by atomic mass is 9.99. The van der Waals surface area contributed by atoms with Crippen molar-refractivity contribution in [2.24, 2.45) is 5.92 Å². The molecular weight excluding hydrogens is 491 g/mol. The third-order valence-corrected chi connectivity index (χ3v) is 7.31. The maximum absolute atomic E-state index is 13.4. The molecule has 12 heteroatoms. The highest BCUT2D eigenvalue weighted by Crippen LogP contribution is 2.31. The van der Waals surface area contributed by atoms with Gasteiger partial charge in [0, 0.05) is 30.9 Å². The highest BCUT2D eigenvalue weighted by molar-refractivity contribution is 7.88. The van der Waals surface area contributed by atoms with Gasteiger partial charge in [0.1, 0.15) is 17.7 Å². The van der Waals surface area contributed by atoms with E-state index >= 15 is 0 Å². The number of fused-ring (bicyclic) bond motifs is 1. The number of benzene rings is 2. The first-order valence-corrected chi connectivity index (χ1v) is 13.2. The Hall–Kier alpha value is -3.22. The summed E-state index contributed by atoms with van der Waals surface area (Å²) in [7, 11) is -2.00. The lowest BCUT2D eigenvalue weighted by Gasteiger charge is -2.38. The molecule has 3 amide bonds. The number of carbonyl (C=O) groups excluding carboxylic acids is 2. The van der Waals surface area contributed by atoms with E-state index in [1.54, 1.807) is 13.0 Å². The van der Waals surface area contributed by atoms with E-state index < -0.39 is 39.9 Å². The predicted molar refractivity (Wildman–Crippen MR) is 134 cm³/mol. The van der Waals surface area contributed by atoms with Gasteiger partial charge in [-0.25, -0.2) is 21.9 Å². The predicted octanol–water partition coefficient (Wildman–Crippen LogP) is 2.58. The first-order valence-electron chi connectivity index (χ1n) is 11.4. The van der Waals surface area contributed by atoms with Crippen LogP contribution in [0.2, 0.25) is 0 Å². The van der Waals surface area contributed by atoms with Crippen LogP contribution in [0.15, 0.2) is 42.5 Å². The van der Waals surface area contributed by atoms with E-state index in [2.05, 4.69) is 10.6 Å². The molecular formula is C24H31FN4O6S. The monoisotopic (exact) mass is 522 g/mol. The zero-order chi connectivity index (χ0) is 26.6. The molecule has 0 radical (unpaired) electrons. The van der Waals surface area contributed by atoms with Gasteiger partial charge in [0.05, 0.1) is 31.0 Å². The van der Waals surface area contributed by atoms with Crippen molar-refractivity contribution < 1.29 is 32.2 Å². The Bertz CT molecular complexity index is 1210. The van der Waals surface area contributed by atoms with Crippen molar-refractivity contribution in [2.45, 2.75) is 26.0 Å². The number of nitrogens with zero attached hydrogens (tertiary/aromatic N) is 2. The third-order valence-electron chi connectivity index (χ3n) is 6.03. The first-order chi connectivity index (χ1) is 16.9. The Morgan fingerprint density at radius 1 is 1.22 bits per heavy atom. The molecule has 1 aliphatic rings. The molecule has 36 heavy (non-hydrogen) atoms. The highest BCUT2D eigenvalue weighted by atomic mass is 32.2. The molecule has 0 saturated carbocycles. The zero-order valence-electron chi connectivity index (χ0n) is 20.6. The fourth-order valence-corrected chi connectivity index (χ4v) is 4.15. The van der Waals surface area contributed by atoms with Crippen molar-refractivity contribution in [2.75, 3.05) is 43.6 Å². The summed E-state index contributed by atoms with van der Waals surface area (Å²) in [6.07, 6.45) is 0.526. The second kappa shape index (κ2) is 11.2. The fraction of sp³-hybridized carbons (Fsp3) is 0.417. The minimum atomic E-state index is -3.46. The van der Waals surface area contributed by atoms with Gasteiger partial charge >= 0.3 is 6.03 Å². The summed E-state index contributed by atoms with van der Waals surface area (Å²) in [5.74, 6) is -0.841. The van der Waals surface area contributed by atoms with Crippen LogP contribution in [0, 0.1) is 11.7 Å². The number of hydrogen-bond acceptors (Lipinski definition) is 6. The maximum atomic E-state index is 13.4. The second-order valence-corrected chi connectivity index (χ2v) is 11.1. The van der Waals surface area contributed by atoms with Crippen molar-refractivity contribution in [1.82, 2.24) is 9.21 Å². The Morgan fingerprint density at radius 3 is 2.44 bits per heavy atom. The van der Waals surface area contributed by atoms with E-state index in [-0.39, 0.29) is 36.9 Å². The summed E-state index contributed by atoms with van der Waals surface area (Å²) in [5, 5.41) is 15.0. The highest BCUT2D eigenvalue weighted by Gasteiger charge is 2.34. The van der Waals surface area contributed by atoms with Gasteiger partial charge in [-0.05, 0) is 49.4 Å². The SMILES string of the molecule is C[C@H](CO)N1C[C@H](C)[C@@H](CN(C)S(C)(=O)=O)Oc2ccc(NC(=O)Nc3ccc(F)cc3)cc2C1=O. The van der Waals surface area contributed by atoms with Crippen molar-refractivity contribution in [3.8, 4) is 5.75 Å². The number of rotatable bonds is 7. The molecule has 3 N–H and O–H groups in total. The third kappa shape index (κ3) is 6.71. The second-order valence-electron chi connectivity index (χ2n) is 8.96. The normalized spacial score (nSPS) is 19.1. The van der Waals surface area contributed by atoms with Crippen LogP contribution in [-0.2, 0) is 10.0 Å². The number of likely N-dealkylation sites (N-methyl/N-ethyl adjacent to an activating group) is 1. The van der Waals surface area contributed by atoms with Gasteiger partial charge in [0.15, 0.2) is 0 Å². The molecule has 10 nitrogen and oxygen atoms in total. The number of aliphatic hydroxyl groups is 1. The van der Waals surface area contributed by atoms with Crippen molar-refractivity contribution >= 4 is 33.3 Å². The van der Waals surface area contributed by atoms with E-state index in [1.165, 1.54) is 52.7 Å². The lowest BCUT2D eigenvalue weighted by Crippen LogP contribution is -2.50.